The number of halogens is 2. The van der Waals surface area contributed by atoms with E-state index in [0.717, 1.165) is 0 Å². The van der Waals surface area contributed by atoms with Gasteiger partial charge in [-0.15, -0.1) is 0 Å². The molecule has 1 N–H and O–H groups in total. The summed E-state index contributed by atoms with van der Waals surface area (Å²) in [4.78, 5) is 15.6. The lowest BCUT2D eigenvalue weighted by Gasteiger charge is -2.14. The van der Waals surface area contributed by atoms with E-state index in [1.54, 1.807) is 0 Å². The molecular formula is C15H14F2N4O2. The van der Waals surface area contributed by atoms with E-state index < -0.39 is 24.3 Å². The molecule has 1 aromatic heterocycles. The number of aromatic nitrogens is 2. The number of rotatable bonds is 5. The van der Waals surface area contributed by atoms with Crippen molar-refractivity contribution < 1.29 is 18.1 Å². The molecule has 2 rings (SSSR count). The van der Waals surface area contributed by atoms with Gasteiger partial charge in [-0.2, -0.15) is 19.0 Å². The largest absolute Gasteiger partial charge is 0.336 e. The summed E-state index contributed by atoms with van der Waals surface area (Å²) in [5.41, 5.74) is 0.783. The van der Waals surface area contributed by atoms with Crippen LogP contribution in [0.15, 0.2) is 28.8 Å². The van der Waals surface area contributed by atoms with Crippen molar-refractivity contribution in [3.8, 4) is 17.5 Å². The lowest BCUT2D eigenvalue weighted by atomic mass is 10.0. The molecule has 1 atom stereocenters. The molecule has 6 nitrogen and oxygen atoms in total. The molecule has 1 aromatic carbocycles. The fraction of sp³-hybridized carbons (Fsp3) is 0.333. The number of benzene rings is 1. The predicted molar refractivity (Wildman–Crippen MR) is 76.4 cm³/mol. The van der Waals surface area contributed by atoms with Gasteiger partial charge in [-0.25, -0.2) is 0 Å². The Morgan fingerprint density at radius 3 is 2.43 bits per heavy atom. The Labute approximate surface area is 131 Å². The van der Waals surface area contributed by atoms with E-state index in [-0.39, 0.29) is 11.7 Å². The van der Waals surface area contributed by atoms with Gasteiger partial charge in [0, 0.05) is 11.1 Å². The van der Waals surface area contributed by atoms with Crippen LogP contribution >= 0.6 is 0 Å². The predicted octanol–water partition coefficient (Wildman–Crippen LogP) is 2.95. The highest BCUT2D eigenvalue weighted by Crippen LogP contribution is 2.21. The van der Waals surface area contributed by atoms with Crippen molar-refractivity contribution in [1.82, 2.24) is 15.5 Å². The van der Waals surface area contributed by atoms with Crippen molar-refractivity contribution >= 4 is 5.91 Å². The summed E-state index contributed by atoms with van der Waals surface area (Å²) in [6.45, 7) is 3.65. The van der Waals surface area contributed by atoms with Gasteiger partial charge in [-0.1, -0.05) is 31.1 Å². The van der Waals surface area contributed by atoms with Crippen molar-refractivity contribution in [3.05, 3.63) is 35.7 Å². The van der Waals surface area contributed by atoms with Crippen molar-refractivity contribution in [1.29, 1.82) is 5.26 Å². The van der Waals surface area contributed by atoms with Gasteiger partial charge >= 0.3 is 6.43 Å². The third-order valence-electron chi connectivity index (χ3n) is 3.13. The van der Waals surface area contributed by atoms with E-state index in [9.17, 15) is 13.6 Å². The van der Waals surface area contributed by atoms with Gasteiger partial charge in [-0.3, -0.25) is 4.79 Å². The summed E-state index contributed by atoms with van der Waals surface area (Å²) in [5.74, 6) is -1.14. The Kier molecular flexibility index (Phi) is 5.01. The Morgan fingerprint density at radius 1 is 1.30 bits per heavy atom. The first-order valence-electron chi connectivity index (χ1n) is 6.85. The van der Waals surface area contributed by atoms with Gasteiger partial charge in [-0.05, 0) is 18.1 Å². The molecule has 0 saturated heterocycles. The average molecular weight is 320 g/mol. The number of hydrogen-bond acceptors (Lipinski definition) is 5. The van der Waals surface area contributed by atoms with Crippen LogP contribution in [0.2, 0.25) is 0 Å². The molecular weight excluding hydrogens is 306 g/mol. The second kappa shape index (κ2) is 6.96. The molecule has 120 valence electrons. The zero-order chi connectivity index (χ0) is 17.0. The van der Waals surface area contributed by atoms with Gasteiger partial charge in [0.1, 0.15) is 6.04 Å². The molecule has 0 fully saturated rings. The van der Waals surface area contributed by atoms with Gasteiger partial charge in [0.25, 0.3) is 11.8 Å². The summed E-state index contributed by atoms with van der Waals surface area (Å²) < 4.78 is 29.2. The van der Waals surface area contributed by atoms with Crippen LogP contribution in [0.4, 0.5) is 8.78 Å². The minimum atomic E-state index is -2.83. The van der Waals surface area contributed by atoms with Crippen molar-refractivity contribution in [3.63, 3.8) is 0 Å². The molecule has 0 spiro atoms. The maximum Gasteiger partial charge on any atom is 0.315 e. The fourth-order valence-electron chi connectivity index (χ4n) is 1.78. The number of nitrogens with one attached hydrogen (secondary N) is 1. The van der Waals surface area contributed by atoms with Crippen LogP contribution in [0.5, 0.6) is 0 Å². The number of carbonyl (C=O) groups excluding carboxylic acids is 1. The molecule has 0 radical (unpaired) electrons. The number of nitrogens with zero attached hydrogens (tertiary/aromatic N) is 3. The van der Waals surface area contributed by atoms with Gasteiger partial charge in [0.15, 0.2) is 0 Å². The quantitative estimate of drug-likeness (QED) is 0.914. The smallest absolute Gasteiger partial charge is 0.315 e. The zero-order valence-corrected chi connectivity index (χ0v) is 12.5. The molecule has 2 aromatic rings. The van der Waals surface area contributed by atoms with E-state index in [1.807, 2.05) is 19.9 Å². The van der Waals surface area contributed by atoms with Crippen LogP contribution in [-0.2, 0) is 0 Å². The topological polar surface area (TPSA) is 91.8 Å². The summed E-state index contributed by atoms with van der Waals surface area (Å²) in [6.07, 6.45) is -2.83. The lowest BCUT2D eigenvalue weighted by Crippen LogP contribution is -2.37. The van der Waals surface area contributed by atoms with E-state index in [1.165, 1.54) is 24.3 Å². The molecule has 0 aliphatic carbocycles. The molecule has 23 heavy (non-hydrogen) atoms. The Hall–Kier alpha value is -2.82. The van der Waals surface area contributed by atoms with E-state index in [0.29, 0.717) is 11.1 Å². The molecule has 0 bridgehead atoms. The lowest BCUT2D eigenvalue weighted by molar-refractivity contribution is 0.0937. The standard InChI is InChI=1S/C15H14F2N4O2/c1-8(2)11(7-18)19-14(22)10-5-3-9(4-6-10)13-20-15(12(16)17)23-21-13/h3-6,8,11-12H,1-2H3,(H,19,22). The highest BCUT2D eigenvalue weighted by molar-refractivity contribution is 5.95. The molecule has 8 heteroatoms. The van der Waals surface area contributed by atoms with Crippen LogP contribution in [-0.4, -0.2) is 22.1 Å². The molecule has 1 amide bonds. The SMILES string of the molecule is CC(C)C(C#N)NC(=O)c1ccc(-c2noc(C(F)F)n2)cc1. The zero-order valence-electron chi connectivity index (χ0n) is 12.5. The van der Waals surface area contributed by atoms with Crippen molar-refractivity contribution in [2.45, 2.75) is 26.3 Å². The van der Waals surface area contributed by atoms with Gasteiger partial charge in [0.2, 0.25) is 5.82 Å². The van der Waals surface area contributed by atoms with Crippen LogP contribution < -0.4 is 5.32 Å². The van der Waals surface area contributed by atoms with Gasteiger partial charge in [0.05, 0.1) is 6.07 Å². The van der Waals surface area contributed by atoms with Crippen molar-refractivity contribution in [2.75, 3.05) is 0 Å². The van der Waals surface area contributed by atoms with Gasteiger partial charge < -0.3 is 9.84 Å². The van der Waals surface area contributed by atoms with E-state index in [4.69, 9.17) is 5.26 Å². The van der Waals surface area contributed by atoms with E-state index in [2.05, 4.69) is 20.0 Å². The minimum absolute atomic E-state index is 0.0179. The van der Waals surface area contributed by atoms with Crippen LogP contribution in [0.1, 0.15) is 36.5 Å². The number of carbonyl (C=O) groups is 1. The highest BCUT2D eigenvalue weighted by atomic mass is 19.3. The molecule has 0 saturated carbocycles. The Morgan fingerprint density at radius 2 is 1.96 bits per heavy atom. The average Bonchev–Trinajstić information content (AvgIpc) is 3.02. The maximum absolute atomic E-state index is 12.4. The van der Waals surface area contributed by atoms with Crippen LogP contribution in [0, 0.1) is 17.2 Å². The molecule has 1 heterocycles. The molecule has 1 unspecified atom stereocenters. The summed E-state index contributed by atoms with van der Waals surface area (Å²) in [7, 11) is 0. The van der Waals surface area contributed by atoms with E-state index >= 15 is 0 Å². The fourth-order valence-corrected chi connectivity index (χ4v) is 1.78. The normalized spacial score (nSPS) is 12.2. The third kappa shape index (κ3) is 3.88. The highest BCUT2D eigenvalue weighted by Gasteiger charge is 2.18. The molecule has 0 aliphatic heterocycles. The Balaban J connectivity index is 2.12. The number of nitriles is 1. The summed E-state index contributed by atoms with van der Waals surface area (Å²) in [6, 6.07) is 7.46. The second-order valence-corrected chi connectivity index (χ2v) is 5.16. The minimum Gasteiger partial charge on any atom is -0.336 e. The van der Waals surface area contributed by atoms with Crippen LogP contribution in [0.25, 0.3) is 11.4 Å². The molecule has 0 aliphatic rings. The number of alkyl halides is 2. The van der Waals surface area contributed by atoms with Crippen LogP contribution in [0.3, 0.4) is 0 Å². The number of hydrogen-bond donors (Lipinski definition) is 1. The Bertz CT molecular complexity index is 720. The van der Waals surface area contributed by atoms with Crippen molar-refractivity contribution in [2.24, 2.45) is 5.92 Å². The first-order valence-corrected chi connectivity index (χ1v) is 6.85. The summed E-state index contributed by atoms with van der Waals surface area (Å²) in [5, 5.41) is 15.0. The maximum atomic E-state index is 12.4. The first-order chi connectivity index (χ1) is 10.9. The first kappa shape index (κ1) is 16.5. The third-order valence-corrected chi connectivity index (χ3v) is 3.13. The monoisotopic (exact) mass is 320 g/mol. The summed E-state index contributed by atoms with van der Waals surface area (Å²) >= 11 is 0. The number of amides is 1. The second-order valence-electron chi connectivity index (χ2n) is 5.16.